The number of piperazine rings is 1. The summed E-state index contributed by atoms with van der Waals surface area (Å²) in [6, 6.07) is 0.843. The van der Waals surface area contributed by atoms with Gasteiger partial charge in [-0.2, -0.15) is 0 Å². The summed E-state index contributed by atoms with van der Waals surface area (Å²) in [5, 5.41) is 11.6. The maximum Gasteiger partial charge on any atom is 0.290 e. The Hall–Kier alpha value is -0.530. The summed E-state index contributed by atoms with van der Waals surface area (Å²) < 4.78 is 42.7. The van der Waals surface area contributed by atoms with Crippen LogP contribution in [0.1, 0.15) is 11.6 Å². The van der Waals surface area contributed by atoms with E-state index in [2.05, 4.69) is 5.32 Å². The van der Waals surface area contributed by atoms with Crippen LogP contribution in [0.15, 0.2) is 12.1 Å². The minimum absolute atomic E-state index is 0.131. The monoisotopic (exact) mass is 342 g/mol. The Bertz CT molecular complexity index is 510. The molecule has 0 amide bonds. The zero-order chi connectivity index (χ0) is 15.6. The molecule has 118 valence electrons. The molecule has 21 heavy (non-hydrogen) atoms. The number of aliphatic hydroxyl groups is 1. The third-order valence-corrected chi connectivity index (χ3v) is 4.10. The predicted molar refractivity (Wildman–Crippen MR) is 75.6 cm³/mol. The SMILES string of the molecule is OCC(F)(F)[C@@H](c1c(Cl)ccc(Cl)c1F)N1CCNCC1. The summed E-state index contributed by atoms with van der Waals surface area (Å²) in [5.74, 6) is -4.51. The van der Waals surface area contributed by atoms with Gasteiger partial charge in [-0.3, -0.25) is 4.90 Å². The summed E-state index contributed by atoms with van der Waals surface area (Å²) in [4.78, 5) is 1.41. The molecule has 2 N–H and O–H groups in total. The molecule has 0 aliphatic carbocycles. The second-order valence-electron chi connectivity index (χ2n) is 4.86. The summed E-state index contributed by atoms with van der Waals surface area (Å²) in [6.07, 6.45) is 0. The molecule has 0 spiro atoms. The Balaban J connectivity index is 2.52. The lowest BCUT2D eigenvalue weighted by Gasteiger charge is -2.39. The van der Waals surface area contributed by atoms with E-state index in [9.17, 15) is 13.2 Å². The van der Waals surface area contributed by atoms with E-state index in [1.807, 2.05) is 0 Å². The summed E-state index contributed by atoms with van der Waals surface area (Å²) in [6.45, 7) is 0.185. The van der Waals surface area contributed by atoms with E-state index in [-0.39, 0.29) is 15.6 Å². The van der Waals surface area contributed by atoms with Gasteiger partial charge in [0, 0.05) is 36.8 Å². The first-order chi connectivity index (χ1) is 9.88. The van der Waals surface area contributed by atoms with Crippen molar-refractivity contribution in [2.75, 3.05) is 32.8 Å². The Morgan fingerprint density at radius 3 is 2.38 bits per heavy atom. The van der Waals surface area contributed by atoms with Crippen LogP contribution in [-0.2, 0) is 0 Å². The largest absolute Gasteiger partial charge is 0.390 e. The molecule has 1 aliphatic heterocycles. The van der Waals surface area contributed by atoms with Crippen molar-refractivity contribution in [2.45, 2.75) is 12.0 Å². The number of rotatable bonds is 4. The number of hydrogen-bond donors (Lipinski definition) is 2. The fraction of sp³-hybridized carbons (Fsp3) is 0.538. The van der Waals surface area contributed by atoms with Crippen molar-refractivity contribution in [1.82, 2.24) is 10.2 Å². The van der Waals surface area contributed by atoms with Gasteiger partial charge in [0.1, 0.15) is 18.5 Å². The highest BCUT2D eigenvalue weighted by Crippen LogP contribution is 2.42. The zero-order valence-electron chi connectivity index (χ0n) is 11.1. The molecule has 1 atom stereocenters. The Kier molecular flexibility index (Phi) is 5.38. The van der Waals surface area contributed by atoms with Crippen molar-refractivity contribution in [1.29, 1.82) is 0 Å². The average Bonchev–Trinajstić information content (AvgIpc) is 2.48. The van der Waals surface area contributed by atoms with Crippen LogP contribution in [0.25, 0.3) is 0 Å². The normalized spacial score (nSPS) is 18.8. The molecular formula is C13H15Cl2F3N2O. The van der Waals surface area contributed by atoms with Crippen LogP contribution in [-0.4, -0.2) is 48.7 Å². The minimum Gasteiger partial charge on any atom is -0.390 e. The number of alkyl halides is 2. The molecule has 1 fully saturated rings. The lowest BCUT2D eigenvalue weighted by molar-refractivity contribution is -0.119. The van der Waals surface area contributed by atoms with Crippen molar-refractivity contribution in [3.8, 4) is 0 Å². The van der Waals surface area contributed by atoms with E-state index in [0.29, 0.717) is 26.2 Å². The van der Waals surface area contributed by atoms with Crippen LogP contribution in [0.4, 0.5) is 13.2 Å². The fourth-order valence-corrected chi connectivity index (χ4v) is 2.90. The van der Waals surface area contributed by atoms with E-state index in [0.717, 1.165) is 0 Å². The molecule has 0 bridgehead atoms. The third kappa shape index (κ3) is 3.46. The number of benzene rings is 1. The molecule has 1 aromatic rings. The van der Waals surface area contributed by atoms with E-state index < -0.39 is 24.4 Å². The van der Waals surface area contributed by atoms with Gasteiger partial charge in [-0.15, -0.1) is 0 Å². The summed E-state index contributed by atoms with van der Waals surface area (Å²) in [5.41, 5.74) is -0.370. The number of halogens is 5. The molecule has 0 radical (unpaired) electrons. The zero-order valence-corrected chi connectivity index (χ0v) is 12.6. The van der Waals surface area contributed by atoms with Gasteiger partial charge in [0.25, 0.3) is 5.92 Å². The smallest absolute Gasteiger partial charge is 0.290 e. The Labute approximate surface area is 130 Å². The lowest BCUT2D eigenvalue weighted by atomic mass is 9.97. The molecule has 1 saturated heterocycles. The van der Waals surface area contributed by atoms with Gasteiger partial charge in [-0.1, -0.05) is 23.2 Å². The maximum absolute atomic E-state index is 14.3. The van der Waals surface area contributed by atoms with Crippen molar-refractivity contribution < 1.29 is 18.3 Å². The molecule has 1 aliphatic rings. The highest BCUT2D eigenvalue weighted by molar-refractivity contribution is 6.33. The lowest BCUT2D eigenvalue weighted by Crippen LogP contribution is -2.51. The first kappa shape index (κ1) is 16.8. The van der Waals surface area contributed by atoms with Gasteiger partial charge < -0.3 is 10.4 Å². The standard InChI is InChI=1S/C13H15Cl2F3N2O/c14-8-1-2-9(15)11(16)10(8)12(13(17,18)7-21)20-5-3-19-4-6-20/h1-2,12,19,21H,3-7H2/t12-/m1/s1. The van der Waals surface area contributed by atoms with Crippen LogP contribution in [0, 0.1) is 5.82 Å². The van der Waals surface area contributed by atoms with E-state index >= 15 is 0 Å². The highest BCUT2D eigenvalue weighted by atomic mass is 35.5. The molecule has 1 heterocycles. The van der Waals surface area contributed by atoms with Gasteiger partial charge in [-0.25, -0.2) is 13.2 Å². The molecule has 0 saturated carbocycles. The quantitative estimate of drug-likeness (QED) is 0.826. The minimum atomic E-state index is -3.54. The molecule has 3 nitrogen and oxygen atoms in total. The molecule has 0 unspecified atom stereocenters. The second kappa shape index (κ2) is 6.71. The van der Waals surface area contributed by atoms with E-state index in [1.54, 1.807) is 0 Å². The van der Waals surface area contributed by atoms with Crippen LogP contribution < -0.4 is 5.32 Å². The molecule has 2 rings (SSSR count). The highest BCUT2D eigenvalue weighted by Gasteiger charge is 2.46. The van der Waals surface area contributed by atoms with Crippen LogP contribution in [0.2, 0.25) is 10.0 Å². The van der Waals surface area contributed by atoms with Crippen molar-refractivity contribution in [3.63, 3.8) is 0 Å². The number of nitrogens with zero attached hydrogens (tertiary/aromatic N) is 1. The molecule has 1 aromatic carbocycles. The number of hydrogen-bond acceptors (Lipinski definition) is 3. The van der Waals surface area contributed by atoms with Crippen molar-refractivity contribution in [3.05, 3.63) is 33.6 Å². The van der Waals surface area contributed by atoms with E-state index in [1.165, 1.54) is 17.0 Å². The number of aliphatic hydroxyl groups excluding tert-OH is 1. The molecular weight excluding hydrogens is 328 g/mol. The van der Waals surface area contributed by atoms with Crippen LogP contribution >= 0.6 is 23.2 Å². The number of nitrogens with one attached hydrogen (secondary N) is 1. The Morgan fingerprint density at radius 2 is 1.81 bits per heavy atom. The van der Waals surface area contributed by atoms with E-state index in [4.69, 9.17) is 28.3 Å². The average molecular weight is 343 g/mol. The molecule has 8 heteroatoms. The van der Waals surface area contributed by atoms with Crippen molar-refractivity contribution in [2.24, 2.45) is 0 Å². The second-order valence-corrected chi connectivity index (χ2v) is 5.68. The first-order valence-corrected chi connectivity index (χ1v) is 7.21. The van der Waals surface area contributed by atoms with Gasteiger partial charge >= 0.3 is 0 Å². The summed E-state index contributed by atoms with van der Waals surface area (Å²) in [7, 11) is 0. The fourth-order valence-electron chi connectivity index (χ4n) is 2.48. The van der Waals surface area contributed by atoms with Crippen molar-refractivity contribution >= 4 is 23.2 Å². The topological polar surface area (TPSA) is 35.5 Å². The first-order valence-electron chi connectivity index (χ1n) is 6.45. The maximum atomic E-state index is 14.3. The summed E-state index contributed by atoms with van der Waals surface area (Å²) >= 11 is 11.6. The predicted octanol–water partition coefficient (Wildman–Crippen LogP) is 2.71. The molecule has 0 aromatic heterocycles. The van der Waals surface area contributed by atoms with Gasteiger partial charge in [0.15, 0.2) is 0 Å². The van der Waals surface area contributed by atoms with Gasteiger partial charge in [0.2, 0.25) is 0 Å². The van der Waals surface area contributed by atoms with Crippen LogP contribution in [0.5, 0.6) is 0 Å². The Morgan fingerprint density at radius 1 is 1.24 bits per heavy atom. The van der Waals surface area contributed by atoms with Gasteiger partial charge in [0.05, 0.1) is 5.02 Å². The van der Waals surface area contributed by atoms with Crippen LogP contribution in [0.3, 0.4) is 0 Å². The van der Waals surface area contributed by atoms with Gasteiger partial charge in [-0.05, 0) is 12.1 Å². The third-order valence-electron chi connectivity index (χ3n) is 3.48.